The molecular weight excluding hydrogens is 297 g/mol. The molecule has 2 rings (SSSR count). The summed E-state index contributed by atoms with van der Waals surface area (Å²) in [6.07, 6.45) is 5.43. The monoisotopic (exact) mass is 315 g/mol. The summed E-state index contributed by atoms with van der Waals surface area (Å²) in [6, 6.07) is 4.82. The molecule has 4 heteroatoms. The lowest BCUT2D eigenvalue weighted by molar-refractivity contribution is 0.00746. The number of benzene rings is 1. The maximum atomic E-state index is 13.0. The molecule has 100 valence electrons. The third-order valence-electron chi connectivity index (χ3n) is 3.34. The van der Waals surface area contributed by atoms with Crippen LogP contribution in [0.2, 0.25) is 0 Å². The first-order valence-electron chi connectivity index (χ1n) is 6.46. The summed E-state index contributed by atoms with van der Waals surface area (Å²) in [7, 11) is 0. The summed E-state index contributed by atoms with van der Waals surface area (Å²) < 4.78 is 19.5. The highest BCUT2D eigenvalue weighted by Crippen LogP contribution is 2.22. The van der Waals surface area contributed by atoms with Crippen LogP contribution in [0.1, 0.15) is 31.2 Å². The molecule has 2 atom stereocenters. The van der Waals surface area contributed by atoms with Gasteiger partial charge in [0.1, 0.15) is 5.82 Å². The summed E-state index contributed by atoms with van der Waals surface area (Å²) in [5.74, 6) is -0.227. The minimum Gasteiger partial charge on any atom is -0.378 e. The van der Waals surface area contributed by atoms with Gasteiger partial charge in [0.15, 0.2) is 0 Å². The fourth-order valence-electron chi connectivity index (χ4n) is 2.38. The lowest BCUT2D eigenvalue weighted by atomic mass is 9.97. The summed E-state index contributed by atoms with van der Waals surface area (Å²) in [5, 5.41) is 0. The number of halogens is 2. The Morgan fingerprint density at radius 3 is 2.94 bits per heavy atom. The summed E-state index contributed by atoms with van der Waals surface area (Å²) in [6.45, 7) is 0.859. The minimum absolute atomic E-state index is 0.0647. The maximum absolute atomic E-state index is 13.0. The van der Waals surface area contributed by atoms with E-state index in [2.05, 4.69) is 15.9 Å². The van der Waals surface area contributed by atoms with E-state index in [1.165, 1.54) is 18.6 Å². The zero-order chi connectivity index (χ0) is 13.0. The van der Waals surface area contributed by atoms with Crippen LogP contribution in [-0.4, -0.2) is 18.8 Å². The molecule has 1 fully saturated rings. The molecule has 1 aromatic rings. The molecule has 1 aromatic carbocycles. The first kappa shape index (κ1) is 14.0. The van der Waals surface area contributed by atoms with Crippen molar-refractivity contribution in [1.29, 1.82) is 0 Å². The average molecular weight is 316 g/mol. The van der Waals surface area contributed by atoms with Crippen molar-refractivity contribution in [3.63, 3.8) is 0 Å². The van der Waals surface area contributed by atoms with E-state index >= 15 is 0 Å². The van der Waals surface area contributed by atoms with Crippen molar-refractivity contribution in [1.82, 2.24) is 0 Å². The normalized spacial score (nSPS) is 21.8. The highest BCUT2D eigenvalue weighted by Gasteiger charge is 2.18. The third-order valence-corrected chi connectivity index (χ3v) is 4.08. The predicted molar refractivity (Wildman–Crippen MR) is 74.0 cm³/mol. The van der Waals surface area contributed by atoms with Crippen molar-refractivity contribution in [2.45, 2.75) is 44.2 Å². The van der Waals surface area contributed by atoms with Gasteiger partial charge in [-0.1, -0.05) is 22.0 Å². The number of rotatable bonds is 4. The average Bonchev–Trinajstić information content (AvgIpc) is 2.34. The van der Waals surface area contributed by atoms with Gasteiger partial charge in [0.05, 0.1) is 6.10 Å². The van der Waals surface area contributed by atoms with E-state index in [0.29, 0.717) is 6.10 Å². The molecule has 1 saturated heterocycles. The van der Waals surface area contributed by atoms with Gasteiger partial charge < -0.3 is 10.5 Å². The predicted octanol–water partition coefficient (Wildman–Crippen LogP) is 3.42. The van der Waals surface area contributed by atoms with E-state index in [0.717, 1.165) is 42.3 Å². The highest BCUT2D eigenvalue weighted by molar-refractivity contribution is 9.10. The third kappa shape index (κ3) is 4.04. The molecule has 0 aromatic heterocycles. The second-order valence-electron chi connectivity index (χ2n) is 4.92. The van der Waals surface area contributed by atoms with Crippen LogP contribution in [0.4, 0.5) is 4.39 Å². The van der Waals surface area contributed by atoms with Crippen LogP contribution in [0.15, 0.2) is 22.7 Å². The summed E-state index contributed by atoms with van der Waals surface area (Å²) in [5.41, 5.74) is 7.20. The Bertz CT molecular complexity index is 393. The Labute approximate surface area is 116 Å². The Morgan fingerprint density at radius 2 is 2.28 bits per heavy atom. The Kier molecular flexibility index (Phi) is 5.15. The van der Waals surface area contributed by atoms with Crippen LogP contribution in [0.25, 0.3) is 0 Å². The summed E-state index contributed by atoms with van der Waals surface area (Å²) in [4.78, 5) is 0. The molecule has 18 heavy (non-hydrogen) atoms. The van der Waals surface area contributed by atoms with E-state index in [1.54, 1.807) is 6.07 Å². The van der Waals surface area contributed by atoms with Gasteiger partial charge >= 0.3 is 0 Å². The minimum atomic E-state index is -0.227. The van der Waals surface area contributed by atoms with Crippen molar-refractivity contribution < 1.29 is 9.13 Å². The van der Waals surface area contributed by atoms with Gasteiger partial charge in [0.25, 0.3) is 0 Å². The Morgan fingerprint density at radius 1 is 1.44 bits per heavy atom. The second kappa shape index (κ2) is 6.64. The molecule has 0 aliphatic carbocycles. The number of ether oxygens (including phenoxy) is 1. The first-order chi connectivity index (χ1) is 8.65. The fraction of sp³-hybridized carbons (Fsp3) is 0.571. The highest BCUT2D eigenvalue weighted by atomic mass is 79.9. The SMILES string of the molecule is NC(Cc1ccc(F)cc1Br)CC1CCCCO1. The zero-order valence-electron chi connectivity index (χ0n) is 10.4. The van der Waals surface area contributed by atoms with Gasteiger partial charge in [0, 0.05) is 17.1 Å². The molecule has 0 amide bonds. The van der Waals surface area contributed by atoms with E-state index in [4.69, 9.17) is 10.5 Å². The van der Waals surface area contributed by atoms with Crippen molar-refractivity contribution in [2.24, 2.45) is 5.73 Å². The van der Waals surface area contributed by atoms with Crippen LogP contribution in [-0.2, 0) is 11.2 Å². The number of hydrogen-bond donors (Lipinski definition) is 1. The van der Waals surface area contributed by atoms with E-state index in [-0.39, 0.29) is 11.9 Å². The second-order valence-corrected chi connectivity index (χ2v) is 5.78. The van der Waals surface area contributed by atoms with Gasteiger partial charge in [0.2, 0.25) is 0 Å². The van der Waals surface area contributed by atoms with Crippen molar-refractivity contribution >= 4 is 15.9 Å². The van der Waals surface area contributed by atoms with Crippen LogP contribution in [0.5, 0.6) is 0 Å². The largest absolute Gasteiger partial charge is 0.378 e. The lowest BCUT2D eigenvalue weighted by Crippen LogP contribution is -2.31. The van der Waals surface area contributed by atoms with E-state index < -0.39 is 0 Å². The van der Waals surface area contributed by atoms with Crippen molar-refractivity contribution in [3.05, 3.63) is 34.1 Å². The number of hydrogen-bond acceptors (Lipinski definition) is 2. The van der Waals surface area contributed by atoms with Crippen LogP contribution in [0.3, 0.4) is 0 Å². The molecule has 1 heterocycles. The molecular formula is C14H19BrFNO. The molecule has 0 bridgehead atoms. The lowest BCUT2D eigenvalue weighted by Gasteiger charge is -2.25. The molecule has 2 N–H and O–H groups in total. The van der Waals surface area contributed by atoms with Gasteiger partial charge in [-0.3, -0.25) is 0 Å². The quantitative estimate of drug-likeness (QED) is 0.924. The fourth-order valence-corrected chi connectivity index (χ4v) is 2.90. The van der Waals surface area contributed by atoms with Crippen LogP contribution >= 0.6 is 15.9 Å². The van der Waals surface area contributed by atoms with E-state index in [1.807, 2.05) is 0 Å². The van der Waals surface area contributed by atoms with Gasteiger partial charge in [-0.05, 0) is 49.8 Å². The van der Waals surface area contributed by atoms with Crippen LogP contribution < -0.4 is 5.73 Å². The molecule has 0 saturated carbocycles. The van der Waals surface area contributed by atoms with Gasteiger partial charge in [-0.25, -0.2) is 4.39 Å². The molecule has 1 aliphatic rings. The molecule has 0 spiro atoms. The molecule has 2 nitrogen and oxygen atoms in total. The molecule has 0 radical (unpaired) electrons. The number of nitrogens with two attached hydrogens (primary N) is 1. The van der Waals surface area contributed by atoms with E-state index in [9.17, 15) is 4.39 Å². The summed E-state index contributed by atoms with van der Waals surface area (Å²) >= 11 is 3.37. The van der Waals surface area contributed by atoms with Gasteiger partial charge in [-0.2, -0.15) is 0 Å². The molecule has 2 unspecified atom stereocenters. The smallest absolute Gasteiger partial charge is 0.124 e. The topological polar surface area (TPSA) is 35.2 Å². The maximum Gasteiger partial charge on any atom is 0.124 e. The molecule has 1 aliphatic heterocycles. The van der Waals surface area contributed by atoms with Gasteiger partial charge in [-0.15, -0.1) is 0 Å². The Hall–Kier alpha value is -0.450. The van der Waals surface area contributed by atoms with Crippen LogP contribution in [0, 0.1) is 5.82 Å². The first-order valence-corrected chi connectivity index (χ1v) is 7.25. The zero-order valence-corrected chi connectivity index (χ0v) is 12.0. The standard InChI is InChI=1S/C14H19BrFNO/c15-14-8-11(16)5-4-10(14)7-12(17)9-13-3-1-2-6-18-13/h4-5,8,12-13H,1-3,6-7,9,17H2. The van der Waals surface area contributed by atoms with Crippen molar-refractivity contribution in [3.8, 4) is 0 Å². The Balaban J connectivity index is 1.87. The van der Waals surface area contributed by atoms with Crippen molar-refractivity contribution in [2.75, 3.05) is 6.61 Å².